The van der Waals surface area contributed by atoms with E-state index in [0.29, 0.717) is 36.4 Å². The fourth-order valence-corrected chi connectivity index (χ4v) is 4.42. The van der Waals surface area contributed by atoms with E-state index in [1.165, 1.54) is 6.07 Å². The van der Waals surface area contributed by atoms with Crippen LogP contribution in [-0.4, -0.2) is 25.4 Å². The Morgan fingerprint density at radius 2 is 1.56 bits per heavy atom. The third-order valence-electron chi connectivity index (χ3n) is 5.66. The Morgan fingerprint density at radius 3 is 2.12 bits per heavy atom. The summed E-state index contributed by atoms with van der Waals surface area (Å²) >= 11 is 0. The lowest BCUT2D eigenvalue weighted by Gasteiger charge is -2.34. The summed E-state index contributed by atoms with van der Waals surface area (Å²) in [6.07, 6.45) is -9.38. The zero-order valence-corrected chi connectivity index (χ0v) is 13.4. The third-order valence-corrected chi connectivity index (χ3v) is 5.66. The van der Waals surface area contributed by atoms with Crippen LogP contribution in [-0.2, 0) is 12.1 Å². The summed E-state index contributed by atoms with van der Waals surface area (Å²) in [5, 5.41) is 3.21. The van der Waals surface area contributed by atoms with Gasteiger partial charge in [-0.05, 0) is 55.7 Å². The molecule has 140 valence electrons. The van der Waals surface area contributed by atoms with Crippen LogP contribution in [0.3, 0.4) is 0 Å². The summed E-state index contributed by atoms with van der Waals surface area (Å²) in [6.45, 7) is 0. The number of hydrogen-bond donors (Lipinski definition) is 1. The largest absolute Gasteiger partial charge is 0.435 e. The average molecular weight is 369 g/mol. The second-order valence-corrected chi connectivity index (χ2v) is 6.85. The van der Waals surface area contributed by atoms with Gasteiger partial charge in [0.15, 0.2) is 0 Å². The first-order chi connectivity index (χ1) is 11.5. The van der Waals surface area contributed by atoms with E-state index in [4.69, 9.17) is 0 Å². The fourth-order valence-electron chi connectivity index (χ4n) is 4.42. The van der Waals surface area contributed by atoms with Gasteiger partial charge in [0.2, 0.25) is 0 Å². The highest BCUT2D eigenvalue weighted by atomic mass is 19.4. The molecular formula is C17H18F7N. The van der Waals surface area contributed by atoms with Crippen molar-refractivity contribution < 1.29 is 30.7 Å². The highest BCUT2D eigenvalue weighted by Crippen LogP contribution is 2.54. The van der Waals surface area contributed by atoms with Crippen molar-refractivity contribution in [2.45, 2.75) is 55.7 Å². The molecule has 3 atom stereocenters. The van der Waals surface area contributed by atoms with Crippen molar-refractivity contribution >= 4 is 0 Å². The first kappa shape index (κ1) is 18.5. The fraction of sp³-hybridized carbons (Fsp3) is 0.647. The topological polar surface area (TPSA) is 12.0 Å². The summed E-state index contributed by atoms with van der Waals surface area (Å²) in [4.78, 5) is 0. The summed E-state index contributed by atoms with van der Waals surface area (Å²) < 4.78 is 91.8. The van der Waals surface area contributed by atoms with Crippen LogP contribution in [0.5, 0.6) is 0 Å². The van der Waals surface area contributed by atoms with Crippen molar-refractivity contribution in [2.24, 2.45) is 5.92 Å². The zero-order valence-electron chi connectivity index (χ0n) is 13.4. The Labute approximate surface area is 140 Å². The lowest BCUT2D eigenvalue weighted by atomic mass is 9.74. The van der Waals surface area contributed by atoms with Crippen LogP contribution < -0.4 is 5.32 Å². The number of halogens is 7. The smallest absolute Gasteiger partial charge is 0.317 e. The number of nitrogens with one attached hydrogen (secondary N) is 1. The SMILES string of the molecule is CN[C@@H]1CCC2c3ccc(C(F)(C(F)(F)F)C(F)(F)F)cc3CCC21. The summed E-state index contributed by atoms with van der Waals surface area (Å²) in [5.41, 5.74) is -5.59. The molecule has 0 heterocycles. The molecule has 1 nitrogen and oxygen atoms in total. The molecule has 0 aliphatic heterocycles. The molecule has 0 spiro atoms. The molecule has 0 bridgehead atoms. The monoisotopic (exact) mass is 369 g/mol. The Bertz CT molecular complexity index is 635. The molecule has 0 amide bonds. The quantitative estimate of drug-likeness (QED) is 0.723. The maximum atomic E-state index is 14.2. The predicted molar refractivity (Wildman–Crippen MR) is 78.0 cm³/mol. The van der Waals surface area contributed by atoms with E-state index in [-0.39, 0.29) is 5.92 Å². The van der Waals surface area contributed by atoms with E-state index in [1.807, 2.05) is 7.05 Å². The standard InChI is InChI=1S/C17H18F7N/c1-25-14-7-6-12-11-5-3-10(8-9(11)2-4-13(12)14)15(18,16(19,20)21)17(22,23)24/h3,5,8,12-14,25H,2,4,6-7H2,1H3/t12?,13?,14-/m1/s1. The van der Waals surface area contributed by atoms with Crippen molar-refractivity contribution in [3.63, 3.8) is 0 Å². The van der Waals surface area contributed by atoms with Crippen LogP contribution in [0.2, 0.25) is 0 Å². The van der Waals surface area contributed by atoms with Gasteiger partial charge in [-0.25, -0.2) is 4.39 Å². The van der Waals surface area contributed by atoms with Gasteiger partial charge in [0.25, 0.3) is 0 Å². The molecule has 8 heteroatoms. The van der Waals surface area contributed by atoms with Crippen LogP contribution in [0.15, 0.2) is 18.2 Å². The molecule has 1 saturated carbocycles. The summed E-state index contributed by atoms with van der Waals surface area (Å²) in [7, 11) is 1.84. The molecule has 1 N–H and O–H groups in total. The maximum Gasteiger partial charge on any atom is 0.435 e. The Balaban J connectivity index is 2.03. The Kier molecular flexibility index (Phi) is 4.33. The number of fused-ring (bicyclic) bond motifs is 3. The minimum absolute atomic E-state index is 0.0982. The van der Waals surface area contributed by atoms with E-state index in [1.54, 1.807) is 0 Å². The molecule has 2 aliphatic carbocycles. The lowest BCUT2D eigenvalue weighted by molar-refractivity contribution is -0.348. The van der Waals surface area contributed by atoms with Gasteiger partial charge in [0.1, 0.15) is 0 Å². The maximum absolute atomic E-state index is 14.2. The predicted octanol–water partition coefficient (Wildman–Crippen LogP) is 5.00. The number of rotatable bonds is 2. The molecule has 0 aromatic heterocycles. The lowest BCUT2D eigenvalue weighted by Crippen LogP contribution is -2.50. The van der Waals surface area contributed by atoms with Gasteiger partial charge in [-0.15, -0.1) is 0 Å². The van der Waals surface area contributed by atoms with Gasteiger partial charge in [-0.2, -0.15) is 26.3 Å². The van der Waals surface area contributed by atoms with Crippen LogP contribution in [0.25, 0.3) is 0 Å². The van der Waals surface area contributed by atoms with E-state index in [9.17, 15) is 30.7 Å². The molecule has 3 rings (SSSR count). The second-order valence-electron chi connectivity index (χ2n) is 6.85. The molecule has 1 aromatic rings. The molecule has 1 fully saturated rings. The molecule has 2 aliphatic rings. The second kappa shape index (κ2) is 5.86. The van der Waals surface area contributed by atoms with Crippen LogP contribution in [0.1, 0.15) is 41.9 Å². The summed E-state index contributed by atoms with van der Waals surface area (Å²) in [5.74, 6) is 0.407. The van der Waals surface area contributed by atoms with E-state index >= 15 is 0 Å². The van der Waals surface area contributed by atoms with Gasteiger partial charge in [-0.3, -0.25) is 0 Å². The van der Waals surface area contributed by atoms with Gasteiger partial charge >= 0.3 is 18.0 Å². The highest BCUT2D eigenvalue weighted by Gasteiger charge is 2.73. The first-order valence-electron chi connectivity index (χ1n) is 8.13. The Morgan fingerprint density at radius 1 is 0.920 bits per heavy atom. The van der Waals surface area contributed by atoms with Crippen molar-refractivity contribution in [3.8, 4) is 0 Å². The van der Waals surface area contributed by atoms with Gasteiger partial charge < -0.3 is 5.32 Å². The first-order valence-corrected chi connectivity index (χ1v) is 8.13. The molecule has 0 radical (unpaired) electrons. The number of aryl methyl sites for hydroxylation is 1. The van der Waals surface area contributed by atoms with E-state index in [2.05, 4.69) is 5.32 Å². The highest BCUT2D eigenvalue weighted by molar-refractivity contribution is 5.41. The molecule has 25 heavy (non-hydrogen) atoms. The third kappa shape index (κ3) is 2.73. The normalized spacial score (nSPS) is 27.1. The molecular weight excluding hydrogens is 351 g/mol. The minimum Gasteiger partial charge on any atom is -0.317 e. The molecule has 2 unspecified atom stereocenters. The van der Waals surface area contributed by atoms with Crippen molar-refractivity contribution in [1.29, 1.82) is 0 Å². The van der Waals surface area contributed by atoms with E-state index in [0.717, 1.165) is 24.5 Å². The van der Waals surface area contributed by atoms with Crippen LogP contribution in [0.4, 0.5) is 30.7 Å². The molecule has 1 aromatic carbocycles. The zero-order chi connectivity index (χ0) is 18.6. The Hall–Kier alpha value is -1.31. The van der Waals surface area contributed by atoms with Crippen LogP contribution >= 0.6 is 0 Å². The molecule has 0 saturated heterocycles. The number of hydrogen-bond acceptors (Lipinski definition) is 1. The van der Waals surface area contributed by atoms with Crippen molar-refractivity contribution in [2.75, 3.05) is 7.05 Å². The van der Waals surface area contributed by atoms with Crippen LogP contribution in [0, 0.1) is 5.92 Å². The number of benzene rings is 1. The van der Waals surface area contributed by atoms with Crippen molar-refractivity contribution in [1.82, 2.24) is 5.32 Å². The minimum atomic E-state index is -6.07. The average Bonchev–Trinajstić information content (AvgIpc) is 2.94. The van der Waals surface area contributed by atoms with Crippen molar-refractivity contribution in [3.05, 3.63) is 34.9 Å². The van der Waals surface area contributed by atoms with Gasteiger partial charge in [-0.1, -0.05) is 18.2 Å². The van der Waals surface area contributed by atoms with Gasteiger partial charge in [0.05, 0.1) is 0 Å². The summed E-state index contributed by atoms with van der Waals surface area (Å²) in [6, 6.07) is 2.96. The van der Waals surface area contributed by atoms with E-state index < -0.39 is 23.6 Å². The van der Waals surface area contributed by atoms with Gasteiger partial charge in [0, 0.05) is 11.6 Å². The number of alkyl halides is 7.